The Balaban J connectivity index is 1.44. The maximum atomic E-state index is 14.5. The first-order valence-electron chi connectivity index (χ1n) is 11.4. The van der Waals surface area contributed by atoms with Gasteiger partial charge in [0.25, 0.3) is 0 Å². The zero-order valence-corrected chi connectivity index (χ0v) is 18.2. The Bertz CT molecular complexity index is 827. The van der Waals surface area contributed by atoms with Crippen molar-refractivity contribution in [1.29, 1.82) is 0 Å². The van der Waals surface area contributed by atoms with Crippen LogP contribution in [0.1, 0.15) is 75.1 Å². The fourth-order valence-corrected chi connectivity index (χ4v) is 3.99. The van der Waals surface area contributed by atoms with E-state index in [9.17, 15) is 13.6 Å². The lowest BCUT2D eigenvalue weighted by molar-refractivity contribution is -0.0206. The van der Waals surface area contributed by atoms with Gasteiger partial charge in [-0.25, -0.2) is 13.6 Å². The molecule has 0 aromatic heterocycles. The fraction of sp³-hybridized carbons (Fsp3) is 0.500. The molecule has 1 aliphatic rings. The second-order valence-corrected chi connectivity index (χ2v) is 8.29. The summed E-state index contributed by atoms with van der Waals surface area (Å²) in [6.45, 7) is 3.00. The minimum atomic E-state index is -0.636. The number of hydrogen-bond donors (Lipinski definition) is 0. The van der Waals surface area contributed by atoms with Gasteiger partial charge < -0.3 is 9.47 Å². The van der Waals surface area contributed by atoms with E-state index in [0.717, 1.165) is 38.7 Å². The van der Waals surface area contributed by atoms with E-state index in [1.165, 1.54) is 49.9 Å². The molecule has 1 aliphatic carbocycles. The van der Waals surface area contributed by atoms with Crippen molar-refractivity contribution >= 4 is 5.97 Å². The Morgan fingerprint density at radius 2 is 1.52 bits per heavy atom. The Kier molecular flexibility index (Phi) is 9.01. The highest BCUT2D eigenvalue weighted by Crippen LogP contribution is 2.26. The van der Waals surface area contributed by atoms with Crippen molar-refractivity contribution in [3.63, 3.8) is 0 Å². The molecule has 0 heterocycles. The number of hydrogen-bond acceptors (Lipinski definition) is 3. The van der Waals surface area contributed by atoms with Crippen molar-refractivity contribution in [1.82, 2.24) is 0 Å². The molecule has 2 aromatic carbocycles. The van der Waals surface area contributed by atoms with Gasteiger partial charge in [0.2, 0.25) is 0 Å². The van der Waals surface area contributed by atoms with Crippen LogP contribution in [0, 0.1) is 11.6 Å². The molecule has 0 radical (unpaired) electrons. The summed E-state index contributed by atoms with van der Waals surface area (Å²) in [4.78, 5) is 12.5. The summed E-state index contributed by atoms with van der Waals surface area (Å²) in [6, 6.07) is 10.2. The minimum absolute atomic E-state index is 0.0729. The fourth-order valence-electron chi connectivity index (χ4n) is 3.99. The molecule has 2 aromatic rings. The van der Waals surface area contributed by atoms with Crippen LogP contribution in [-0.4, -0.2) is 24.8 Å². The summed E-state index contributed by atoms with van der Waals surface area (Å²) in [5.74, 6) is -1.62. The van der Waals surface area contributed by atoms with E-state index in [1.807, 2.05) is 0 Å². The van der Waals surface area contributed by atoms with Gasteiger partial charge in [0.15, 0.2) is 0 Å². The van der Waals surface area contributed by atoms with Gasteiger partial charge in [-0.1, -0.05) is 50.8 Å². The Morgan fingerprint density at radius 1 is 0.871 bits per heavy atom. The quantitative estimate of drug-likeness (QED) is 0.298. The first-order chi connectivity index (χ1) is 15.1. The normalized spacial score (nSPS) is 18.7. The van der Waals surface area contributed by atoms with Crippen molar-refractivity contribution in [3.05, 3.63) is 59.7 Å². The number of esters is 1. The summed E-state index contributed by atoms with van der Waals surface area (Å²) in [5, 5.41) is 0. The second-order valence-electron chi connectivity index (χ2n) is 8.29. The molecule has 5 heteroatoms. The van der Waals surface area contributed by atoms with Crippen LogP contribution in [0.3, 0.4) is 0 Å². The highest BCUT2D eigenvalue weighted by molar-refractivity contribution is 5.90. The van der Waals surface area contributed by atoms with Crippen molar-refractivity contribution in [2.24, 2.45) is 0 Å². The Morgan fingerprint density at radius 3 is 2.19 bits per heavy atom. The molecule has 0 spiro atoms. The molecule has 3 rings (SSSR count). The molecule has 3 nitrogen and oxygen atoms in total. The largest absolute Gasteiger partial charge is 0.459 e. The zero-order chi connectivity index (χ0) is 22.1. The Hall–Kier alpha value is -2.27. The van der Waals surface area contributed by atoms with Crippen molar-refractivity contribution in [2.75, 3.05) is 6.61 Å². The molecule has 0 amide bonds. The van der Waals surface area contributed by atoms with Gasteiger partial charge in [0.1, 0.15) is 17.7 Å². The van der Waals surface area contributed by atoms with Gasteiger partial charge >= 0.3 is 5.97 Å². The zero-order valence-electron chi connectivity index (χ0n) is 18.2. The average molecular weight is 431 g/mol. The lowest BCUT2D eigenvalue weighted by atomic mass is 9.95. The maximum Gasteiger partial charge on any atom is 0.341 e. The third kappa shape index (κ3) is 7.13. The van der Waals surface area contributed by atoms with E-state index in [1.54, 1.807) is 18.2 Å². The minimum Gasteiger partial charge on any atom is -0.459 e. The molecular weight excluding hydrogens is 398 g/mol. The number of carbonyl (C=O) groups excluding carboxylic acids is 1. The summed E-state index contributed by atoms with van der Waals surface area (Å²) in [5.41, 5.74) is 1.20. The van der Waals surface area contributed by atoms with Crippen LogP contribution in [0.2, 0.25) is 0 Å². The molecule has 1 saturated carbocycles. The third-order valence-electron chi connectivity index (χ3n) is 5.86. The summed E-state index contributed by atoms with van der Waals surface area (Å²) >= 11 is 0. The number of carbonyl (C=O) groups is 1. The van der Waals surface area contributed by atoms with Crippen LogP contribution in [0.25, 0.3) is 11.1 Å². The standard InChI is InChI=1S/C26H32F2O3/c1-2-3-4-5-6-17-30-22-12-14-23(15-13-22)31-26(29)24-16-9-20(18-25(24)28)19-7-10-21(27)11-8-19/h7-11,16,18,22-23H,2-6,12-15,17H2,1H3/t22-,23-. The molecule has 0 N–H and O–H groups in total. The lowest BCUT2D eigenvalue weighted by Gasteiger charge is -2.28. The molecule has 0 saturated heterocycles. The summed E-state index contributed by atoms with van der Waals surface area (Å²) < 4.78 is 39.1. The molecule has 31 heavy (non-hydrogen) atoms. The highest BCUT2D eigenvalue weighted by Gasteiger charge is 2.25. The van der Waals surface area contributed by atoms with E-state index in [0.29, 0.717) is 11.1 Å². The Labute approximate surface area is 183 Å². The first-order valence-corrected chi connectivity index (χ1v) is 11.4. The highest BCUT2D eigenvalue weighted by atomic mass is 19.1. The number of benzene rings is 2. The number of unbranched alkanes of at least 4 members (excludes halogenated alkanes) is 4. The van der Waals surface area contributed by atoms with E-state index < -0.39 is 11.8 Å². The van der Waals surface area contributed by atoms with Gasteiger partial charge in [-0.15, -0.1) is 0 Å². The van der Waals surface area contributed by atoms with Crippen LogP contribution in [0.4, 0.5) is 8.78 Å². The summed E-state index contributed by atoms with van der Waals surface area (Å²) in [6.07, 6.45) is 9.33. The third-order valence-corrected chi connectivity index (χ3v) is 5.86. The van der Waals surface area contributed by atoms with Crippen LogP contribution in [0.5, 0.6) is 0 Å². The number of ether oxygens (including phenoxy) is 2. The van der Waals surface area contributed by atoms with E-state index in [-0.39, 0.29) is 23.6 Å². The van der Waals surface area contributed by atoms with Crippen LogP contribution in [-0.2, 0) is 9.47 Å². The van der Waals surface area contributed by atoms with Crippen LogP contribution < -0.4 is 0 Å². The lowest BCUT2D eigenvalue weighted by Crippen LogP contribution is -2.28. The SMILES string of the molecule is CCCCCCCO[C@H]1CC[C@H](OC(=O)c2ccc(-c3ccc(F)cc3)cc2F)CC1. The van der Waals surface area contributed by atoms with Gasteiger partial charge in [0.05, 0.1) is 11.7 Å². The van der Waals surface area contributed by atoms with Crippen LogP contribution in [0.15, 0.2) is 42.5 Å². The predicted octanol–water partition coefficient (Wildman–Crippen LogP) is 7.09. The topological polar surface area (TPSA) is 35.5 Å². The first kappa shape index (κ1) is 23.4. The number of rotatable bonds is 10. The second kappa shape index (κ2) is 11.9. The van der Waals surface area contributed by atoms with Gasteiger partial charge in [-0.3, -0.25) is 0 Å². The van der Waals surface area contributed by atoms with E-state index in [4.69, 9.17) is 9.47 Å². The maximum absolute atomic E-state index is 14.5. The molecule has 0 aliphatic heterocycles. The average Bonchev–Trinajstić information content (AvgIpc) is 2.77. The van der Waals surface area contributed by atoms with E-state index in [2.05, 4.69) is 6.92 Å². The van der Waals surface area contributed by atoms with Gasteiger partial charge in [-0.05, 0) is 67.5 Å². The molecule has 168 valence electrons. The molecule has 0 bridgehead atoms. The van der Waals surface area contributed by atoms with Gasteiger partial charge in [-0.2, -0.15) is 0 Å². The molecule has 1 fully saturated rings. The number of halogens is 2. The van der Waals surface area contributed by atoms with Crippen molar-refractivity contribution in [3.8, 4) is 11.1 Å². The van der Waals surface area contributed by atoms with E-state index >= 15 is 0 Å². The summed E-state index contributed by atoms with van der Waals surface area (Å²) in [7, 11) is 0. The molecule has 0 atom stereocenters. The smallest absolute Gasteiger partial charge is 0.341 e. The monoisotopic (exact) mass is 430 g/mol. The molecule has 0 unspecified atom stereocenters. The van der Waals surface area contributed by atoms with Crippen LogP contribution >= 0.6 is 0 Å². The van der Waals surface area contributed by atoms with Crippen molar-refractivity contribution < 1.29 is 23.0 Å². The molecular formula is C26H32F2O3. The van der Waals surface area contributed by atoms with Gasteiger partial charge in [0, 0.05) is 6.61 Å². The predicted molar refractivity (Wildman–Crippen MR) is 118 cm³/mol. The van der Waals surface area contributed by atoms with Crippen molar-refractivity contribution in [2.45, 2.75) is 76.9 Å².